The first-order valence-electron chi connectivity index (χ1n) is 11.6. The van der Waals surface area contributed by atoms with Gasteiger partial charge in [0.05, 0.1) is 6.04 Å². The molecule has 2 fully saturated rings. The van der Waals surface area contributed by atoms with Crippen molar-refractivity contribution in [2.75, 3.05) is 33.2 Å². The number of amides is 2. The highest BCUT2D eigenvalue weighted by Gasteiger charge is 2.27. The Morgan fingerprint density at radius 2 is 1.75 bits per heavy atom. The molecular weight excluding hydrogens is 406 g/mol. The molecule has 1 aromatic carbocycles. The van der Waals surface area contributed by atoms with E-state index in [1.807, 2.05) is 49.9 Å². The first-order valence-corrected chi connectivity index (χ1v) is 11.6. The summed E-state index contributed by atoms with van der Waals surface area (Å²) in [6.07, 6.45) is 3.86. The number of carbonyl (C=O) groups is 2. The summed E-state index contributed by atoms with van der Waals surface area (Å²) in [5, 5.41) is 6.33. The monoisotopic (exact) mass is 443 g/mol. The molecule has 0 bridgehead atoms. The van der Waals surface area contributed by atoms with Crippen LogP contribution < -0.4 is 10.6 Å². The van der Waals surface area contributed by atoms with Crippen molar-refractivity contribution >= 4 is 18.0 Å². The Morgan fingerprint density at radius 1 is 1.06 bits per heavy atom. The molecule has 32 heavy (non-hydrogen) atoms. The summed E-state index contributed by atoms with van der Waals surface area (Å²) >= 11 is 0. The Bertz CT molecular complexity index is 810. The number of nitrogens with zero attached hydrogens (tertiary/aromatic N) is 3. The summed E-state index contributed by atoms with van der Waals surface area (Å²) in [6, 6.07) is 7.84. The summed E-state index contributed by atoms with van der Waals surface area (Å²) in [4.78, 5) is 33.1. The molecular formula is C24H37N5O3. The van der Waals surface area contributed by atoms with Gasteiger partial charge in [-0.1, -0.05) is 12.1 Å². The summed E-state index contributed by atoms with van der Waals surface area (Å²) in [7, 11) is 1.76. The minimum absolute atomic E-state index is 0.0310. The van der Waals surface area contributed by atoms with Crippen molar-refractivity contribution in [1.29, 1.82) is 0 Å². The highest BCUT2D eigenvalue weighted by atomic mass is 16.6. The van der Waals surface area contributed by atoms with Gasteiger partial charge in [0.1, 0.15) is 5.60 Å². The highest BCUT2D eigenvalue weighted by molar-refractivity contribution is 5.94. The van der Waals surface area contributed by atoms with Crippen LogP contribution in [0.2, 0.25) is 0 Å². The molecule has 176 valence electrons. The molecule has 8 nitrogen and oxygen atoms in total. The van der Waals surface area contributed by atoms with Crippen LogP contribution in [0.25, 0.3) is 0 Å². The predicted octanol–water partition coefficient (Wildman–Crippen LogP) is 2.99. The maximum Gasteiger partial charge on any atom is 0.407 e. The molecule has 1 atom stereocenters. The van der Waals surface area contributed by atoms with Crippen molar-refractivity contribution in [2.24, 2.45) is 4.99 Å². The van der Waals surface area contributed by atoms with E-state index in [1.165, 1.54) is 6.42 Å². The molecule has 2 N–H and O–H groups in total. The van der Waals surface area contributed by atoms with Gasteiger partial charge in [-0.05, 0) is 64.2 Å². The molecule has 0 aliphatic carbocycles. The SMILES string of the molecule is CN=C(NCc1ccc(C(=O)N2CCCCC2)cc1)N1CCC(NC(=O)OC(C)(C)C)C1. The van der Waals surface area contributed by atoms with Crippen LogP contribution in [0.3, 0.4) is 0 Å². The van der Waals surface area contributed by atoms with E-state index in [9.17, 15) is 9.59 Å². The minimum Gasteiger partial charge on any atom is -0.444 e. The maximum atomic E-state index is 12.6. The lowest BCUT2D eigenvalue weighted by molar-refractivity contribution is 0.0506. The smallest absolute Gasteiger partial charge is 0.407 e. The first-order chi connectivity index (χ1) is 15.2. The third-order valence-electron chi connectivity index (χ3n) is 5.72. The van der Waals surface area contributed by atoms with E-state index in [0.717, 1.165) is 56.0 Å². The molecule has 2 amide bonds. The average molecular weight is 444 g/mol. The molecule has 3 rings (SSSR count). The van der Waals surface area contributed by atoms with Crippen molar-refractivity contribution in [3.63, 3.8) is 0 Å². The quantitative estimate of drug-likeness (QED) is 0.552. The van der Waals surface area contributed by atoms with Crippen molar-refractivity contribution in [2.45, 2.75) is 64.6 Å². The van der Waals surface area contributed by atoms with Gasteiger partial charge >= 0.3 is 6.09 Å². The molecule has 2 heterocycles. The molecule has 0 spiro atoms. The second kappa shape index (κ2) is 10.7. The van der Waals surface area contributed by atoms with Crippen LogP contribution in [0.5, 0.6) is 0 Å². The van der Waals surface area contributed by atoms with E-state index in [2.05, 4.69) is 20.5 Å². The number of aliphatic imine (C=N–C) groups is 1. The summed E-state index contributed by atoms with van der Waals surface area (Å²) < 4.78 is 5.35. The Hall–Kier alpha value is -2.77. The van der Waals surface area contributed by atoms with Gasteiger partial charge in [0.2, 0.25) is 0 Å². The van der Waals surface area contributed by atoms with Gasteiger partial charge in [0.15, 0.2) is 5.96 Å². The number of hydrogen-bond donors (Lipinski definition) is 2. The molecule has 0 radical (unpaired) electrons. The molecule has 2 saturated heterocycles. The number of carbonyl (C=O) groups excluding carboxylic acids is 2. The zero-order valence-electron chi connectivity index (χ0n) is 19.8. The fourth-order valence-corrected chi connectivity index (χ4v) is 4.10. The Morgan fingerprint density at radius 3 is 2.38 bits per heavy atom. The van der Waals surface area contributed by atoms with E-state index in [-0.39, 0.29) is 18.0 Å². The summed E-state index contributed by atoms with van der Waals surface area (Å²) in [6.45, 7) is 9.40. The number of rotatable bonds is 4. The third-order valence-corrected chi connectivity index (χ3v) is 5.72. The maximum absolute atomic E-state index is 12.6. The lowest BCUT2D eigenvalue weighted by Crippen LogP contribution is -2.44. The number of alkyl carbamates (subject to hydrolysis) is 1. The van der Waals surface area contributed by atoms with Gasteiger partial charge in [-0.2, -0.15) is 0 Å². The zero-order chi connectivity index (χ0) is 23.1. The van der Waals surface area contributed by atoms with E-state index in [0.29, 0.717) is 13.1 Å². The number of nitrogens with one attached hydrogen (secondary N) is 2. The number of piperidine rings is 1. The van der Waals surface area contributed by atoms with Crippen molar-refractivity contribution < 1.29 is 14.3 Å². The van der Waals surface area contributed by atoms with Crippen molar-refractivity contribution in [1.82, 2.24) is 20.4 Å². The molecule has 2 aliphatic rings. The number of likely N-dealkylation sites (tertiary alicyclic amines) is 2. The molecule has 1 aromatic rings. The van der Waals surface area contributed by atoms with Crippen molar-refractivity contribution in [3.8, 4) is 0 Å². The van der Waals surface area contributed by atoms with Crippen LogP contribution in [0.1, 0.15) is 62.4 Å². The van der Waals surface area contributed by atoms with Gasteiger partial charge in [0.25, 0.3) is 5.91 Å². The fraction of sp³-hybridized carbons (Fsp3) is 0.625. The first kappa shape index (κ1) is 23.9. The number of benzene rings is 1. The lowest BCUT2D eigenvalue weighted by Gasteiger charge is -2.26. The van der Waals surface area contributed by atoms with E-state index >= 15 is 0 Å². The lowest BCUT2D eigenvalue weighted by atomic mass is 10.1. The van der Waals surface area contributed by atoms with Crippen LogP contribution in [-0.4, -0.2) is 72.6 Å². The van der Waals surface area contributed by atoms with Gasteiger partial charge in [-0.3, -0.25) is 9.79 Å². The zero-order valence-corrected chi connectivity index (χ0v) is 19.8. The van der Waals surface area contributed by atoms with Crippen LogP contribution in [0.4, 0.5) is 4.79 Å². The fourth-order valence-electron chi connectivity index (χ4n) is 4.10. The van der Waals surface area contributed by atoms with E-state index in [4.69, 9.17) is 4.74 Å². The number of ether oxygens (including phenoxy) is 1. The van der Waals surface area contributed by atoms with Gasteiger partial charge in [0, 0.05) is 45.3 Å². The Balaban J connectivity index is 1.47. The predicted molar refractivity (Wildman–Crippen MR) is 126 cm³/mol. The van der Waals surface area contributed by atoms with Crippen molar-refractivity contribution in [3.05, 3.63) is 35.4 Å². The van der Waals surface area contributed by atoms with Crippen LogP contribution in [0, 0.1) is 0 Å². The standard InChI is InChI=1S/C24H37N5O3/c1-24(2,3)32-23(31)27-20-12-15-29(17-20)22(25-4)26-16-18-8-10-19(11-9-18)21(30)28-13-6-5-7-14-28/h8-11,20H,5-7,12-17H2,1-4H3,(H,25,26)(H,27,31). The van der Waals surface area contributed by atoms with Gasteiger partial charge in [-0.25, -0.2) is 4.79 Å². The van der Waals surface area contributed by atoms with Crippen LogP contribution in [0.15, 0.2) is 29.3 Å². The van der Waals surface area contributed by atoms with Gasteiger partial charge < -0.3 is 25.2 Å². The average Bonchev–Trinajstić information content (AvgIpc) is 3.21. The molecule has 8 heteroatoms. The third kappa shape index (κ3) is 6.87. The summed E-state index contributed by atoms with van der Waals surface area (Å²) in [5.74, 6) is 0.924. The number of hydrogen-bond acceptors (Lipinski definition) is 4. The molecule has 1 unspecified atom stereocenters. The van der Waals surface area contributed by atoms with Crippen LogP contribution in [-0.2, 0) is 11.3 Å². The minimum atomic E-state index is -0.506. The number of guanidine groups is 1. The molecule has 0 aromatic heterocycles. The van der Waals surface area contributed by atoms with Gasteiger partial charge in [-0.15, -0.1) is 0 Å². The second-order valence-corrected chi connectivity index (χ2v) is 9.53. The topological polar surface area (TPSA) is 86.3 Å². The van der Waals surface area contributed by atoms with E-state index in [1.54, 1.807) is 7.05 Å². The Kier molecular flexibility index (Phi) is 7.99. The van der Waals surface area contributed by atoms with E-state index < -0.39 is 5.60 Å². The normalized spacial score (nSPS) is 19.6. The summed E-state index contributed by atoms with van der Waals surface area (Å²) in [5.41, 5.74) is 1.33. The largest absolute Gasteiger partial charge is 0.444 e. The Labute approximate surface area is 191 Å². The highest BCUT2D eigenvalue weighted by Crippen LogP contribution is 2.15. The van der Waals surface area contributed by atoms with Crippen LogP contribution >= 0.6 is 0 Å². The second-order valence-electron chi connectivity index (χ2n) is 9.53. The molecule has 0 saturated carbocycles. The molecule has 2 aliphatic heterocycles.